The molecule has 0 radical (unpaired) electrons. The molecule has 2 rings (SSSR count). The third kappa shape index (κ3) is 5.84. The van der Waals surface area contributed by atoms with Crippen LogP contribution in [0.5, 0.6) is 0 Å². The lowest BCUT2D eigenvalue weighted by Gasteiger charge is -2.35. The molecule has 1 fully saturated rings. The van der Waals surface area contributed by atoms with Gasteiger partial charge >= 0.3 is 5.97 Å². The van der Waals surface area contributed by atoms with Crippen LogP contribution in [0.2, 0.25) is 0 Å². The number of carbonyl (C=O) groups is 2. The van der Waals surface area contributed by atoms with Gasteiger partial charge in [0.25, 0.3) is 0 Å². The smallest absolute Gasteiger partial charge is 0.306 e. The van der Waals surface area contributed by atoms with E-state index in [9.17, 15) is 9.59 Å². The van der Waals surface area contributed by atoms with Gasteiger partial charge in [0.05, 0.1) is 24.8 Å². The molecule has 3 N–H and O–H groups in total. The summed E-state index contributed by atoms with van der Waals surface area (Å²) in [7, 11) is 1.86. The molecule has 0 aliphatic carbocycles. The lowest BCUT2D eigenvalue weighted by atomic mass is 9.83. The van der Waals surface area contributed by atoms with Crippen LogP contribution in [0, 0.1) is 5.92 Å². The molecule has 0 bridgehead atoms. The summed E-state index contributed by atoms with van der Waals surface area (Å²) in [6.45, 7) is 8.32. The van der Waals surface area contributed by atoms with Crippen LogP contribution in [0.25, 0.3) is 0 Å². The molecule has 0 aromatic heterocycles. The fourth-order valence-corrected chi connectivity index (χ4v) is 2.64. The summed E-state index contributed by atoms with van der Waals surface area (Å²) >= 11 is 0. The Morgan fingerprint density at radius 2 is 2.09 bits per heavy atom. The first-order valence-electron chi connectivity index (χ1n) is 8.33. The van der Waals surface area contributed by atoms with Crippen molar-refractivity contribution in [2.45, 2.75) is 59.0 Å². The van der Waals surface area contributed by atoms with Crippen LogP contribution >= 0.6 is 0 Å². The largest absolute Gasteiger partial charge is 0.466 e. The average molecular weight is 328 g/mol. The summed E-state index contributed by atoms with van der Waals surface area (Å²) in [6.07, 6.45) is 3.68. The van der Waals surface area contributed by atoms with E-state index >= 15 is 0 Å². The number of nitrogens with one attached hydrogen (secondary N) is 3. The Balaban J connectivity index is 0.00000123. The Hall–Kier alpha value is -1.60. The number of hydrogen-bond acceptors (Lipinski definition) is 7. The van der Waals surface area contributed by atoms with Gasteiger partial charge in [-0.25, -0.2) is 0 Å². The van der Waals surface area contributed by atoms with Crippen LogP contribution in [-0.2, 0) is 14.3 Å². The number of ether oxygens (including phenoxy) is 1. The van der Waals surface area contributed by atoms with Crippen LogP contribution < -0.4 is 16.3 Å². The second-order valence-electron chi connectivity index (χ2n) is 5.97. The molecule has 1 unspecified atom stereocenters. The highest BCUT2D eigenvalue weighted by atomic mass is 16.5. The van der Waals surface area contributed by atoms with Crippen molar-refractivity contribution in [2.24, 2.45) is 5.92 Å². The maximum Gasteiger partial charge on any atom is 0.306 e. The van der Waals surface area contributed by atoms with Crippen molar-refractivity contribution in [3.8, 4) is 0 Å². The Bertz CT molecular complexity index is 445. The molecule has 0 saturated carbocycles. The normalized spacial score (nSPS) is 26.8. The molecule has 0 aromatic carbocycles. The SMILES string of the molecule is CCC.CCOC(=O)CC1C(=O)C[C@H](C)N[C@@H]1C1=CN(C)NN1.[HH]. The highest BCUT2D eigenvalue weighted by Gasteiger charge is 2.39. The molecule has 7 nitrogen and oxygen atoms in total. The summed E-state index contributed by atoms with van der Waals surface area (Å²) in [5.41, 5.74) is 6.80. The van der Waals surface area contributed by atoms with Crippen molar-refractivity contribution in [2.75, 3.05) is 13.7 Å². The standard InChI is InChI=1S/C13H22N4O3.C3H8.H2/c1-4-20-12(19)6-9-11(18)5-8(2)14-13(9)10-7-17(3)16-15-10;1-3-2;/h7-9,13-16H,4-6H2,1-3H3;3H2,1-2H3;1H/t8-,9?,13-;;/m0../s1. The number of nitrogens with zero attached hydrogens (tertiary/aromatic N) is 1. The Labute approximate surface area is 140 Å². The van der Waals surface area contributed by atoms with E-state index in [0.29, 0.717) is 13.0 Å². The van der Waals surface area contributed by atoms with Gasteiger partial charge in [0, 0.05) is 33.1 Å². The van der Waals surface area contributed by atoms with Gasteiger partial charge < -0.3 is 15.5 Å². The van der Waals surface area contributed by atoms with Gasteiger partial charge in [-0.05, 0) is 13.8 Å². The highest BCUT2D eigenvalue weighted by molar-refractivity contribution is 5.87. The summed E-state index contributed by atoms with van der Waals surface area (Å²) < 4.78 is 4.97. The topological polar surface area (TPSA) is 82.7 Å². The summed E-state index contributed by atoms with van der Waals surface area (Å²) in [6, 6.07) is -0.104. The van der Waals surface area contributed by atoms with Gasteiger partial charge in [0.15, 0.2) is 0 Å². The zero-order chi connectivity index (χ0) is 17.4. The number of hydrazine groups is 2. The van der Waals surface area contributed by atoms with Gasteiger partial charge in [0.2, 0.25) is 0 Å². The van der Waals surface area contributed by atoms with Crippen LogP contribution in [0.3, 0.4) is 0 Å². The number of hydrogen-bond donors (Lipinski definition) is 3. The van der Waals surface area contributed by atoms with E-state index in [1.54, 1.807) is 11.9 Å². The van der Waals surface area contributed by atoms with Crippen molar-refractivity contribution in [1.29, 1.82) is 0 Å². The van der Waals surface area contributed by atoms with Crippen molar-refractivity contribution in [1.82, 2.24) is 21.3 Å². The molecule has 0 amide bonds. The molecule has 134 valence electrons. The first kappa shape index (κ1) is 19.4. The Morgan fingerprint density at radius 3 is 2.61 bits per heavy atom. The second kappa shape index (κ2) is 9.52. The van der Waals surface area contributed by atoms with Crippen molar-refractivity contribution < 1.29 is 15.8 Å². The fourth-order valence-electron chi connectivity index (χ4n) is 2.64. The van der Waals surface area contributed by atoms with Gasteiger partial charge in [-0.15, -0.1) is 5.53 Å². The first-order chi connectivity index (χ1) is 10.9. The molecule has 0 spiro atoms. The number of ketones is 1. The minimum atomic E-state index is -0.391. The number of esters is 1. The average Bonchev–Trinajstić information content (AvgIpc) is 2.89. The summed E-state index contributed by atoms with van der Waals surface area (Å²) in [4.78, 5) is 24.0. The van der Waals surface area contributed by atoms with E-state index in [4.69, 9.17) is 4.74 Å². The van der Waals surface area contributed by atoms with E-state index in [-0.39, 0.29) is 31.7 Å². The number of piperidine rings is 1. The lowest BCUT2D eigenvalue weighted by Crippen LogP contribution is -2.54. The lowest BCUT2D eigenvalue weighted by molar-refractivity contribution is -0.147. The second-order valence-corrected chi connectivity index (χ2v) is 5.97. The minimum Gasteiger partial charge on any atom is -0.466 e. The molecule has 0 aromatic rings. The number of carbonyl (C=O) groups excluding carboxylic acids is 2. The third-order valence-corrected chi connectivity index (χ3v) is 3.52. The van der Waals surface area contributed by atoms with Gasteiger partial charge in [-0.1, -0.05) is 20.3 Å². The highest BCUT2D eigenvalue weighted by Crippen LogP contribution is 2.25. The van der Waals surface area contributed by atoms with E-state index in [0.717, 1.165) is 5.70 Å². The molecule has 2 heterocycles. The van der Waals surface area contributed by atoms with Crippen molar-refractivity contribution in [3.05, 3.63) is 11.9 Å². The van der Waals surface area contributed by atoms with Crippen molar-refractivity contribution >= 4 is 11.8 Å². The quantitative estimate of drug-likeness (QED) is 0.672. The Morgan fingerprint density at radius 1 is 1.43 bits per heavy atom. The van der Waals surface area contributed by atoms with Gasteiger partial charge in [-0.2, -0.15) is 0 Å². The van der Waals surface area contributed by atoms with Gasteiger partial charge in [0.1, 0.15) is 5.78 Å². The van der Waals surface area contributed by atoms with E-state index in [1.165, 1.54) is 6.42 Å². The van der Waals surface area contributed by atoms with E-state index < -0.39 is 5.92 Å². The molecule has 2 aliphatic heterocycles. The van der Waals surface area contributed by atoms with Gasteiger partial charge in [-0.3, -0.25) is 14.6 Å². The molecular formula is C16H32N4O3. The zero-order valence-electron chi connectivity index (χ0n) is 14.8. The van der Waals surface area contributed by atoms with Crippen LogP contribution in [0.15, 0.2) is 11.9 Å². The predicted octanol–water partition coefficient (Wildman–Crippen LogP) is 1.33. The summed E-state index contributed by atoms with van der Waals surface area (Å²) in [5.74, 6) is -0.615. The number of Topliss-reactive ketones (excluding diaryl/α,β-unsaturated/α-hetero) is 1. The number of rotatable bonds is 4. The molecule has 7 heteroatoms. The maximum absolute atomic E-state index is 12.3. The minimum absolute atomic E-state index is 0. The third-order valence-electron chi connectivity index (χ3n) is 3.52. The molecule has 1 saturated heterocycles. The zero-order valence-corrected chi connectivity index (χ0v) is 14.8. The molecule has 23 heavy (non-hydrogen) atoms. The monoisotopic (exact) mass is 328 g/mol. The Kier molecular flexibility index (Phi) is 8.05. The van der Waals surface area contributed by atoms with E-state index in [1.807, 2.05) is 20.2 Å². The maximum atomic E-state index is 12.3. The summed E-state index contributed by atoms with van der Waals surface area (Å²) in [5, 5.41) is 5.15. The predicted molar refractivity (Wildman–Crippen MR) is 90.9 cm³/mol. The first-order valence-corrected chi connectivity index (χ1v) is 8.33. The van der Waals surface area contributed by atoms with E-state index in [2.05, 4.69) is 30.1 Å². The molecule has 3 atom stereocenters. The van der Waals surface area contributed by atoms with Crippen LogP contribution in [0.1, 0.15) is 48.4 Å². The molecular weight excluding hydrogens is 296 g/mol. The fraction of sp³-hybridized carbons (Fsp3) is 0.750. The van der Waals surface area contributed by atoms with Crippen LogP contribution in [-0.4, -0.2) is 42.5 Å². The van der Waals surface area contributed by atoms with Crippen LogP contribution in [0.4, 0.5) is 0 Å². The van der Waals surface area contributed by atoms with Crippen molar-refractivity contribution in [3.63, 3.8) is 0 Å². The molecule has 2 aliphatic rings.